The molecule has 192 valence electrons. The van der Waals surface area contributed by atoms with Crippen LogP contribution in [0.3, 0.4) is 0 Å². The number of rotatable bonds is 6. The molecule has 0 radical (unpaired) electrons. The number of hydrogen-bond acceptors (Lipinski definition) is 1. The Kier molecular flexibility index (Phi) is 6.11. The second-order valence-electron chi connectivity index (χ2n) is 9.95. The zero-order valence-corrected chi connectivity index (χ0v) is 22.6. The maximum atomic E-state index is 6.15. The molecular weight excluding hydrogens is 510 g/mol. The van der Waals surface area contributed by atoms with E-state index in [0.29, 0.717) is 0 Å². The number of aromatic nitrogens is 1. The molecule has 0 N–H and O–H groups in total. The van der Waals surface area contributed by atoms with E-state index in [1.807, 2.05) is 12.1 Å². The van der Waals surface area contributed by atoms with Crippen LogP contribution < -0.4 is 0 Å². The minimum absolute atomic E-state index is 0.748. The van der Waals surface area contributed by atoms with E-state index in [9.17, 15) is 0 Å². The van der Waals surface area contributed by atoms with Gasteiger partial charge in [-0.05, 0) is 77.7 Å². The number of allylic oxidation sites excluding steroid dienone is 1. The number of para-hydroxylation sites is 2. The summed E-state index contributed by atoms with van der Waals surface area (Å²) >= 11 is 6.05. The van der Waals surface area contributed by atoms with Crippen LogP contribution >= 0.6 is 11.6 Å². The molecular formula is C37H26ClNO. The Bertz CT molecular complexity index is 2040. The van der Waals surface area contributed by atoms with Gasteiger partial charge in [0.2, 0.25) is 0 Å². The summed E-state index contributed by atoms with van der Waals surface area (Å²) in [6.07, 6.45) is 6.89. The summed E-state index contributed by atoms with van der Waals surface area (Å²) in [5.41, 5.74) is 8.94. The molecule has 0 aliphatic heterocycles. The third-order valence-electron chi connectivity index (χ3n) is 7.51. The van der Waals surface area contributed by atoms with Crippen molar-refractivity contribution >= 4 is 56.5 Å². The molecule has 0 atom stereocenters. The van der Waals surface area contributed by atoms with Crippen molar-refractivity contribution in [1.29, 1.82) is 0 Å². The quantitative estimate of drug-likeness (QED) is 0.207. The van der Waals surface area contributed by atoms with Gasteiger partial charge in [0, 0.05) is 32.4 Å². The molecule has 0 fully saturated rings. The van der Waals surface area contributed by atoms with Crippen LogP contribution in [0, 0.1) is 0 Å². The molecule has 0 unspecified atom stereocenters. The van der Waals surface area contributed by atoms with Gasteiger partial charge in [-0.15, -0.1) is 0 Å². The van der Waals surface area contributed by atoms with E-state index in [0.717, 1.165) is 50.6 Å². The normalized spacial score (nSPS) is 11.7. The topological polar surface area (TPSA) is 18.1 Å². The average Bonchev–Trinajstić information content (AvgIpc) is 3.53. The Morgan fingerprint density at radius 2 is 1.43 bits per heavy atom. The first-order chi connectivity index (χ1) is 19.7. The van der Waals surface area contributed by atoms with Gasteiger partial charge in [0.05, 0.1) is 11.0 Å². The van der Waals surface area contributed by atoms with Crippen LogP contribution in [0.2, 0.25) is 5.02 Å². The molecule has 0 saturated heterocycles. The second-order valence-corrected chi connectivity index (χ2v) is 10.4. The number of halogens is 1. The SMILES string of the molecule is C=Cc1oc2ccc(-c3ccc4c5ccccc5n(-c5ccccc5)c4c3)cc2c1/C=C\Cc1ccc(Cl)cc1. The number of nitrogens with zero attached hydrogens (tertiary/aromatic N) is 1. The number of furan rings is 1. The molecule has 0 aliphatic carbocycles. The molecule has 0 amide bonds. The van der Waals surface area contributed by atoms with Gasteiger partial charge in [0.1, 0.15) is 11.3 Å². The lowest BCUT2D eigenvalue weighted by atomic mass is 10.00. The van der Waals surface area contributed by atoms with Crippen molar-refractivity contribution in [3.8, 4) is 16.8 Å². The highest BCUT2D eigenvalue weighted by Gasteiger charge is 2.15. The Hall–Kier alpha value is -4.79. The fourth-order valence-electron chi connectivity index (χ4n) is 5.58. The van der Waals surface area contributed by atoms with Crippen LogP contribution in [0.1, 0.15) is 16.9 Å². The summed E-state index contributed by atoms with van der Waals surface area (Å²) in [4.78, 5) is 0. The molecule has 7 aromatic rings. The molecule has 2 heterocycles. The van der Waals surface area contributed by atoms with Crippen LogP contribution in [-0.2, 0) is 6.42 Å². The number of fused-ring (bicyclic) bond motifs is 4. The molecule has 0 bridgehead atoms. The van der Waals surface area contributed by atoms with E-state index >= 15 is 0 Å². The molecule has 40 heavy (non-hydrogen) atoms. The molecule has 3 heteroatoms. The van der Waals surface area contributed by atoms with Gasteiger partial charge in [0.15, 0.2) is 0 Å². The minimum atomic E-state index is 0.748. The van der Waals surface area contributed by atoms with E-state index in [-0.39, 0.29) is 0 Å². The molecule has 7 rings (SSSR count). The lowest BCUT2D eigenvalue weighted by Gasteiger charge is -2.09. The lowest BCUT2D eigenvalue weighted by Crippen LogP contribution is -1.93. The number of hydrogen-bond donors (Lipinski definition) is 0. The molecule has 2 aromatic heterocycles. The van der Waals surface area contributed by atoms with Crippen LogP contribution in [-0.4, -0.2) is 4.57 Å². The van der Waals surface area contributed by atoms with Gasteiger partial charge < -0.3 is 8.98 Å². The average molecular weight is 536 g/mol. The van der Waals surface area contributed by atoms with Gasteiger partial charge in [-0.3, -0.25) is 0 Å². The Labute approximate surface area is 238 Å². The Morgan fingerprint density at radius 1 is 0.700 bits per heavy atom. The third kappa shape index (κ3) is 4.23. The first-order valence-electron chi connectivity index (χ1n) is 13.4. The summed E-state index contributed by atoms with van der Waals surface area (Å²) in [6.45, 7) is 3.99. The van der Waals surface area contributed by atoms with E-state index in [4.69, 9.17) is 16.0 Å². The van der Waals surface area contributed by atoms with Crippen molar-refractivity contribution in [3.05, 3.63) is 150 Å². The molecule has 0 aliphatic rings. The highest BCUT2D eigenvalue weighted by molar-refractivity contribution is 6.30. The first-order valence-corrected chi connectivity index (χ1v) is 13.8. The lowest BCUT2D eigenvalue weighted by molar-refractivity contribution is 0.603. The van der Waals surface area contributed by atoms with Crippen LogP contribution in [0.5, 0.6) is 0 Å². The molecule has 0 spiro atoms. The summed E-state index contributed by atoms with van der Waals surface area (Å²) in [5, 5.41) is 4.31. The highest BCUT2D eigenvalue weighted by Crippen LogP contribution is 2.37. The fourth-order valence-corrected chi connectivity index (χ4v) is 5.70. The smallest absolute Gasteiger partial charge is 0.135 e. The van der Waals surface area contributed by atoms with Crippen LogP contribution in [0.25, 0.3) is 61.7 Å². The zero-order chi connectivity index (χ0) is 27.1. The van der Waals surface area contributed by atoms with Crippen molar-refractivity contribution in [3.63, 3.8) is 0 Å². The molecule has 0 saturated carbocycles. The van der Waals surface area contributed by atoms with Crippen molar-refractivity contribution < 1.29 is 4.42 Å². The van der Waals surface area contributed by atoms with Crippen LogP contribution in [0.4, 0.5) is 0 Å². The predicted octanol–water partition coefficient (Wildman–Crippen LogP) is 10.7. The first kappa shape index (κ1) is 24.3. The van der Waals surface area contributed by atoms with Gasteiger partial charge >= 0.3 is 0 Å². The van der Waals surface area contributed by atoms with E-state index in [2.05, 4.69) is 126 Å². The largest absolute Gasteiger partial charge is 0.456 e. The second kappa shape index (κ2) is 10.1. The van der Waals surface area contributed by atoms with Gasteiger partial charge in [-0.2, -0.15) is 0 Å². The summed E-state index contributed by atoms with van der Waals surface area (Å²) in [7, 11) is 0. The van der Waals surface area contributed by atoms with Crippen molar-refractivity contribution in [2.45, 2.75) is 6.42 Å². The van der Waals surface area contributed by atoms with Crippen molar-refractivity contribution in [2.24, 2.45) is 0 Å². The van der Waals surface area contributed by atoms with Gasteiger partial charge in [-0.25, -0.2) is 0 Å². The third-order valence-corrected chi connectivity index (χ3v) is 7.77. The van der Waals surface area contributed by atoms with E-state index in [1.54, 1.807) is 6.08 Å². The van der Waals surface area contributed by atoms with E-state index in [1.165, 1.54) is 27.4 Å². The predicted molar refractivity (Wildman–Crippen MR) is 170 cm³/mol. The Morgan fingerprint density at radius 3 is 2.25 bits per heavy atom. The van der Waals surface area contributed by atoms with Gasteiger partial charge in [0.25, 0.3) is 0 Å². The standard InChI is InChI=1S/C37H26ClNO/c1-2-36-32(13-8-9-25-15-19-28(38)20-16-25)33-23-26(18-22-37(33)40-36)27-17-21-31-30-12-6-7-14-34(30)39(35(31)24-27)29-10-4-3-5-11-29/h2-8,10-24H,1,9H2/b13-8-. The maximum Gasteiger partial charge on any atom is 0.135 e. The summed E-state index contributed by atoms with van der Waals surface area (Å²) in [6, 6.07) is 40.3. The maximum absolute atomic E-state index is 6.15. The van der Waals surface area contributed by atoms with Gasteiger partial charge in [-0.1, -0.05) is 97.1 Å². The minimum Gasteiger partial charge on any atom is -0.456 e. The van der Waals surface area contributed by atoms with Crippen LogP contribution in [0.15, 0.2) is 132 Å². The van der Waals surface area contributed by atoms with Crippen molar-refractivity contribution in [2.75, 3.05) is 0 Å². The Balaban J connectivity index is 1.34. The molecule has 5 aromatic carbocycles. The van der Waals surface area contributed by atoms with Crippen molar-refractivity contribution in [1.82, 2.24) is 4.57 Å². The monoisotopic (exact) mass is 535 g/mol. The highest BCUT2D eigenvalue weighted by atomic mass is 35.5. The zero-order valence-electron chi connectivity index (χ0n) is 21.8. The number of benzene rings is 5. The van der Waals surface area contributed by atoms with E-state index < -0.39 is 0 Å². The summed E-state index contributed by atoms with van der Waals surface area (Å²) in [5.74, 6) is 0.777. The molecule has 2 nitrogen and oxygen atoms in total. The summed E-state index contributed by atoms with van der Waals surface area (Å²) < 4.78 is 8.51. The fraction of sp³-hybridized carbons (Fsp3) is 0.0270.